The van der Waals surface area contributed by atoms with E-state index in [2.05, 4.69) is 5.10 Å². The van der Waals surface area contributed by atoms with Gasteiger partial charge in [-0.1, -0.05) is 0 Å². The molecule has 0 aliphatic rings. The fraction of sp³-hybridized carbons (Fsp3) is 0.231. The summed E-state index contributed by atoms with van der Waals surface area (Å²) in [7, 11) is 3.19. The van der Waals surface area contributed by atoms with E-state index in [4.69, 9.17) is 9.47 Å². The van der Waals surface area contributed by atoms with Crippen molar-refractivity contribution in [2.24, 2.45) is 0 Å². The number of hydrogen-bond donors (Lipinski definition) is 0. The van der Waals surface area contributed by atoms with Crippen LogP contribution in [0.15, 0.2) is 30.5 Å². The summed E-state index contributed by atoms with van der Waals surface area (Å²) < 4.78 is 11.7. The minimum absolute atomic E-state index is 0.317. The van der Waals surface area contributed by atoms with Crippen molar-refractivity contribution in [3.63, 3.8) is 0 Å². The number of hydrogen-bond acceptors (Lipinski definition) is 4. The number of rotatable bonds is 5. The van der Waals surface area contributed by atoms with E-state index in [-0.39, 0.29) is 0 Å². The fourth-order valence-corrected chi connectivity index (χ4v) is 1.64. The topological polar surface area (TPSA) is 53.4 Å². The molecule has 1 heterocycles. The Morgan fingerprint density at radius 2 is 2.00 bits per heavy atom. The van der Waals surface area contributed by atoms with Gasteiger partial charge >= 0.3 is 0 Å². The van der Waals surface area contributed by atoms with Gasteiger partial charge in [0.25, 0.3) is 0 Å². The molecule has 94 valence electrons. The highest BCUT2D eigenvalue weighted by Crippen LogP contribution is 2.16. The summed E-state index contributed by atoms with van der Waals surface area (Å²) in [6.07, 6.45) is 2.46. The van der Waals surface area contributed by atoms with Crippen LogP contribution in [0.2, 0.25) is 0 Å². The molecular weight excluding hydrogens is 232 g/mol. The molecule has 1 aromatic heterocycles. The third-order valence-electron chi connectivity index (χ3n) is 2.57. The normalized spacial score (nSPS) is 10.3. The first-order valence-corrected chi connectivity index (χ1v) is 5.45. The van der Waals surface area contributed by atoms with Crippen molar-refractivity contribution in [2.75, 3.05) is 14.2 Å². The number of nitrogens with zero attached hydrogens (tertiary/aromatic N) is 2. The number of benzene rings is 1. The smallest absolute Gasteiger partial charge is 0.153 e. The van der Waals surface area contributed by atoms with E-state index < -0.39 is 0 Å². The lowest BCUT2D eigenvalue weighted by Crippen LogP contribution is -1.97. The van der Waals surface area contributed by atoms with Crippen molar-refractivity contribution in [3.05, 3.63) is 41.7 Å². The van der Waals surface area contributed by atoms with Crippen molar-refractivity contribution in [2.45, 2.75) is 6.61 Å². The molecule has 0 unspecified atom stereocenters. The predicted octanol–water partition coefficient (Wildman–Crippen LogP) is 1.84. The first-order chi connectivity index (χ1) is 8.78. The van der Waals surface area contributed by atoms with Gasteiger partial charge in [0.2, 0.25) is 0 Å². The summed E-state index contributed by atoms with van der Waals surface area (Å²) in [6, 6.07) is 7.43. The zero-order valence-electron chi connectivity index (χ0n) is 10.3. The minimum atomic E-state index is 0.317. The van der Waals surface area contributed by atoms with E-state index in [9.17, 15) is 4.79 Å². The molecule has 18 heavy (non-hydrogen) atoms. The lowest BCUT2D eigenvalue weighted by molar-refractivity contribution is 0.111. The highest BCUT2D eigenvalue weighted by molar-refractivity contribution is 5.76. The van der Waals surface area contributed by atoms with Gasteiger partial charge in [-0.25, -0.2) is 4.68 Å². The summed E-state index contributed by atoms with van der Waals surface area (Å²) in [5.74, 6) is 0.777. The van der Waals surface area contributed by atoms with Gasteiger partial charge in [0.05, 0.1) is 30.7 Å². The van der Waals surface area contributed by atoms with Crippen molar-refractivity contribution < 1.29 is 14.3 Å². The molecule has 0 N–H and O–H groups in total. The molecular formula is C13H14N2O3. The first-order valence-electron chi connectivity index (χ1n) is 5.45. The van der Waals surface area contributed by atoms with Crippen LogP contribution < -0.4 is 4.74 Å². The lowest BCUT2D eigenvalue weighted by Gasteiger charge is -2.03. The fourth-order valence-electron chi connectivity index (χ4n) is 1.64. The molecule has 0 bridgehead atoms. The molecule has 0 fully saturated rings. The number of ether oxygens (including phenoxy) is 2. The van der Waals surface area contributed by atoms with Crippen molar-refractivity contribution in [1.82, 2.24) is 9.78 Å². The maximum atomic E-state index is 10.9. The molecule has 5 nitrogen and oxygen atoms in total. The Morgan fingerprint density at radius 1 is 1.28 bits per heavy atom. The summed E-state index contributed by atoms with van der Waals surface area (Å²) in [5, 5.41) is 4.32. The van der Waals surface area contributed by atoms with Crippen molar-refractivity contribution in [1.29, 1.82) is 0 Å². The zero-order chi connectivity index (χ0) is 13.0. The Balaban J connectivity index is 2.34. The standard InChI is InChI=1S/C13H14N2O3/c1-17-9-13-10(8-16)7-15(14-13)11-3-5-12(18-2)6-4-11/h3-8H,9H2,1-2H3. The molecule has 0 aliphatic heterocycles. The maximum absolute atomic E-state index is 10.9. The Morgan fingerprint density at radius 3 is 2.56 bits per heavy atom. The third-order valence-corrected chi connectivity index (χ3v) is 2.57. The monoisotopic (exact) mass is 246 g/mol. The van der Waals surface area contributed by atoms with Crippen molar-refractivity contribution in [3.8, 4) is 11.4 Å². The lowest BCUT2D eigenvalue weighted by atomic mass is 10.3. The molecule has 0 saturated heterocycles. The highest BCUT2D eigenvalue weighted by atomic mass is 16.5. The SMILES string of the molecule is COCc1nn(-c2ccc(OC)cc2)cc1C=O. The van der Waals surface area contributed by atoms with Crippen LogP contribution >= 0.6 is 0 Å². The zero-order valence-corrected chi connectivity index (χ0v) is 10.3. The second-order valence-corrected chi connectivity index (χ2v) is 3.72. The van der Waals surface area contributed by atoms with E-state index in [0.29, 0.717) is 17.9 Å². The molecule has 0 aliphatic carbocycles. The number of carbonyl (C=O) groups excluding carboxylic acids is 1. The van der Waals surface area contributed by atoms with E-state index in [1.54, 1.807) is 25.1 Å². The molecule has 0 radical (unpaired) electrons. The Kier molecular flexibility index (Phi) is 3.74. The van der Waals surface area contributed by atoms with Crippen LogP contribution in [0.4, 0.5) is 0 Å². The van der Waals surface area contributed by atoms with Gasteiger partial charge in [-0.15, -0.1) is 0 Å². The van der Waals surface area contributed by atoms with E-state index >= 15 is 0 Å². The molecule has 0 spiro atoms. The third kappa shape index (κ3) is 2.41. The van der Waals surface area contributed by atoms with Gasteiger partial charge in [-0.05, 0) is 24.3 Å². The molecule has 0 atom stereocenters. The number of carbonyl (C=O) groups is 1. The van der Waals surface area contributed by atoms with E-state index in [1.807, 2.05) is 24.3 Å². The van der Waals surface area contributed by atoms with Gasteiger partial charge in [-0.3, -0.25) is 4.79 Å². The average Bonchev–Trinajstić information content (AvgIpc) is 2.82. The number of aldehydes is 1. The van der Waals surface area contributed by atoms with Crippen LogP contribution in [0.25, 0.3) is 5.69 Å². The Labute approximate surface area is 105 Å². The average molecular weight is 246 g/mol. The number of methoxy groups -OCH3 is 2. The molecule has 2 aromatic rings. The second-order valence-electron chi connectivity index (χ2n) is 3.72. The number of aromatic nitrogens is 2. The summed E-state index contributed by atoms with van der Waals surface area (Å²) in [4.78, 5) is 10.9. The molecule has 0 amide bonds. The molecule has 1 aromatic carbocycles. The van der Waals surface area contributed by atoms with Crippen LogP contribution in [0.1, 0.15) is 16.1 Å². The Bertz CT molecular complexity index is 532. The van der Waals surface area contributed by atoms with Gasteiger partial charge in [0, 0.05) is 13.3 Å². The summed E-state index contributed by atoms with van der Waals surface area (Å²) >= 11 is 0. The van der Waals surface area contributed by atoms with Gasteiger partial charge < -0.3 is 9.47 Å². The van der Waals surface area contributed by atoms with Crippen LogP contribution in [-0.2, 0) is 11.3 Å². The van der Waals surface area contributed by atoms with Gasteiger partial charge in [0.1, 0.15) is 5.75 Å². The summed E-state index contributed by atoms with van der Waals surface area (Å²) in [5.41, 5.74) is 2.03. The predicted molar refractivity (Wildman–Crippen MR) is 66.2 cm³/mol. The quantitative estimate of drug-likeness (QED) is 0.755. The summed E-state index contributed by atoms with van der Waals surface area (Å²) in [6.45, 7) is 0.317. The largest absolute Gasteiger partial charge is 0.497 e. The van der Waals surface area contributed by atoms with Crippen molar-refractivity contribution >= 4 is 6.29 Å². The maximum Gasteiger partial charge on any atom is 0.153 e. The second kappa shape index (κ2) is 5.46. The molecule has 0 saturated carbocycles. The molecule has 2 rings (SSSR count). The first kappa shape index (κ1) is 12.3. The van der Waals surface area contributed by atoms with Gasteiger partial charge in [-0.2, -0.15) is 5.10 Å². The Hall–Kier alpha value is -2.14. The van der Waals surface area contributed by atoms with Crippen LogP contribution in [0, 0.1) is 0 Å². The van der Waals surface area contributed by atoms with Crippen LogP contribution in [-0.4, -0.2) is 30.3 Å². The minimum Gasteiger partial charge on any atom is -0.497 e. The highest BCUT2D eigenvalue weighted by Gasteiger charge is 2.09. The molecule has 5 heteroatoms. The van der Waals surface area contributed by atoms with Crippen LogP contribution in [0.5, 0.6) is 5.75 Å². The van der Waals surface area contributed by atoms with E-state index in [0.717, 1.165) is 17.7 Å². The van der Waals surface area contributed by atoms with Gasteiger partial charge in [0.15, 0.2) is 6.29 Å². The van der Waals surface area contributed by atoms with E-state index in [1.165, 1.54) is 0 Å². The van der Waals surface area contributed by atoms with Crippen LogP contribution in [0.3, 0.4) is 0 Å².